The molecule has 0 aliphatic rings. The molecule has 0 heterocycles. The third-order valence-corrected chi connectivity index (χ3v) is 6.77. The number of hydrogen-bond donors (Lipinski definition) is 0. The maximum absolute atomic E-state index is 2.42. The van der Waals surface area contributed by atoms with Crippen LogP contribution in [0.25, 0.3) is 0 Å². The fraction of sp³-hybridized carbons (Fsp3) is 1.00. The second kappa shape index (κ2) is 3.99. The molecule has 0 atom stereocenters. The molecule has 0 unspecified atom stereocenters. The van der Waals surface area contributed by atoms with Crippen molar-refractivity contribution < 1.29 is 0 Å². The maximum atomic E-state index is 2.42. The zero-order valence-corrected chi connectivity index (χ0v) is 11.0. The van der Waals surface area contributed by atoms with Crippen molar-refractivity contribution in [3.63, 3.8) is 0 Å². The molecular weight excluding hydrogens is 195 g/mol. The van der Waals surface area contributed by atoms with Crippen molar-refractivity contribution in [2.45, 2.75) is 62.8 Å². The zero-order valence-electron chi connectivity index (χ0n) is 8.91. The summed E-state index contributed by atoms with van der Waals surface area (Å²) in [6, 6.07) is 0. The molecule has 0 aromatic rings. The molecule has 0 rings (SSSR count). The van der Waals surface area contributed by atoms with Gasteiger partial charge in [0, 0.05) is 0 Å². The van der Waals surface area contributed by atoms with E-state index in [1.165, 1.54) is 12.8 Å². The molecule has 0 nitrogen and oxygen atoms in total. The summed E-state index contributed by atoms with van der Waals surface area (Å²) in [5, 5.41) is 0. The SMILES string of the molecule is CCC(C)(C)[AsH]C(C)(C)CC. The van der Waals surface area contributed by atoms with E-state index in [2.05, 4.69) is 41.5 Å². The first kappa shape index (κ1) is 11.6. The van der Waals surface area contributed by atoms with Crippen LogP contribution in [-0.4, -0.2) is 15.8 Å². The van der Waals surface area contributed by atoms with Crippen molar-refractivity contribution in [2.75, 3.05) is 0 Å². The molecule has 0 N–H and O–H groups in total. The van der Waals surface area contributed by atoms with Crippen LogP contribution in [0.3, 0.4) is 0 Å². The fourth-order valence-corrected chi connectivity index (χ4v) is 5.68. The first-order valence-electron chi connectivity index (χ1n) is 4.62. The van der Waals surface area contributed by atoms with Crippen molar-refractivity contribution in [1.82, 2.24) is 0 Å². The van der Waals surface area contributed by atoms with Crippen molar-refractivity contribution in [1.29, 1.82) is 0 Å². The molecule has 0 amide bonds. The van der Waals surface area contributed by atoms with Gasteiger partial charge in [0.15, 0.2) is 0 Å². The quantitative estimate of drug-likeness (QED) is 0.632. The summed E-state index contributed by atoms with van der Waals surface area (Å²) in [5.74, 6) is 0. The van der Waals surface area contributed by atoms with Crippen LogP contribution in [0.4, 0.5) is 0 Å². The van der Waals surface area contributed by atoms with Crippen LogP contribution in [0.5, 0.6) is 0 Å². The van der Waals surface area contributed by atoms with Gasteiger partial charge in [0.25, 0.3) is 0 Å². The van der Waals surface area contributed by atoms with Crippen LogP contribution in [0.15, 0.2) is 0 Å². The van der Waals surface area contributed by atoms with Gasteiger partial charge < -0.3 is 0 Å². The molecule has 0 bridgehead atoms. The van der Waals surface area contributed by atoms with Crippen LogP contribution >= 0.6 is 0 Å². The van der Waals surface area contributed by atoms with Crippen molar-refractivity contribution >= 4 is 15.8 Å². The summed E-state index contributed by atoms with van der Waals surface area (Å²) in [7, 11) is 0. The van der Waals surface area contributed by atoms with Gasteiger partial charge in [-0.3, -0.25) is 0 Å². The van der Waals surface area contributed by atoms with Crippen molar-refractivity contribution in [2.24, 2.45) is 0 Å². The van der Waals surface area contributed by atoms with E-state index in [0.29, 0.717) is 8.41 Å². The minimum atomic E-state index is 0.194. The topological polar surface area (TPSA) is 0 Å². The van der Waals surface area contributed by atoms with Crippen molar-refractivity contribution in [3.05, 3.63) is 0 Å². The van der Waals surface area contributed by atoms with Gasteiger partial charge in [-0.25, -0.2) is 0 Å². The van der Waals surface area contributed by atoms with Crippen LogP contribution in [0.1, 0.15) is 54.4 Å². The monoisotopic (exact) mass is 218 g/mol. The van der Waals surface area contributed by atoms with Crippen LogP contribution in [0, 0.1) is 0 Å². The van der Waals surface area contributed by atoms with Crippen LogP contribution in [-0.2, 0) is 0 Å². The summed E-state index contributed by atoms with van der Waals surface area (Å²) in [6.45, 7) is 14.3. The Morgan fingerprint density at radius 2 is 1.09 bits per heavy atom. The second-order valence-corrected chi connectivity index (χ2v) is 10.8. The predicted octanol–water partition coefficient (Wildman–Crippen LogP) is 3.64. The first-order valence-corrected chi connectivity index (χ1v) is 6.72. The fourth-order valence-electron chi connectivity index (χ4n) is 1.09. The molecule has 0 aliphatic heterocycles. The molecular formula is C10H23As. The van der Waals surface area contributed by atoms with Gasteiger partial charge >= 0.3 is 78.5 Å². The molecule has 0 radical (unpaired) electrons. The predicted molar refractivity (Wildman–Crippen MR) is 55.8 cm³/mol. The van der Waals surface area contributed by atoms with E-state index in [4.69, 9.17) is 0 Å². The molecule has 0 fully saturated rings. The Morgan fingerprint density at radius 3 is 1.27 bits per heavy atom. The molecule has 0 saturated carbocycles. The molecule has 68 valence electrons. The van der Waals surface area contributed by atoms with E-state index in [-0.39, 0.29) is 15.8 Å². The average molecular weight is 218 g/mol. The third-order valence-electron chi connectivity index (χ3n) is 2.44. The summed E-state index contributed by atoms with van der Waals surface area (Å²) in [6.07, 6.45) is 2.69. The average Bonchev–Trinajstić information content (AvgIpc) is 1.86. The van der Waals surface area contributed by atoms with E-state index in [0.717, 1.165) is 0 Å². The Kier molecular flexibility index (Phi) is 4.19. The van der Waals surface area contributed by atoms with E-state index >= 15 is 0 Å². The molecule has 0 saturated heterocycles. The van der Waals surface area contributed by atoms with Gasteiger partial charge in [-0.2, -0.15) is 0 Å². The molecule has 1 heteroatoms. The van der Waals surface area contributed by atoms with Crippen LogP contribution in [0.2, 0.25) is 8.41 Å². The standard InChI is InChI=1S/C10H23As/c1-7-9(3,4)11-10(5,6)8-2/h11H,7-8H2,1-6H3. The van der Waals surface area contributed by atoms with Gasteiger partial charge in [0.1, 0.15) is 0 Å². The molecule has 11 heavy (non-hydrogen) atoms. The third kappa shape index (κ3) is 4.90. The first-order chi connectivity index (χ1) is 4.83. The Labute approximate surface area is 78.8 Å². The number of rotatable bonds is 4. The summed E-state index contributed by atoms with van der Waals surface area (Å²) < 4.78 is 1.30. The summed E-state index contributed by atoms with van der Waals surface area (Å²) in [5.41, 5.74) is 0. The van der Waals surface area contributed by atoms with Gasteiger partial charge in [-0.15, -0.1) is 0 Å². The van der Waals surface area contributed by atoms with Gasteiger partial charge in [0.2, 0.25) is 0 Å². The van der Waals surface area contributed by atoms with Gasteiger partial charge in [0.05, 0.1) is 0 Å². The normalized spacial score (nSPS) is 13.6. The van der Waals surface area contributed by atoms with E-state index in [1.807, 2.05) is 0 Å². The Balaban J connectivity index is 4.02. The van der Waals surface area contributed by atoms with E-state index in [9.17, 15) is 0 Å². The van der Waals surface area contributed by atoms with Gasteiger partial charge in [-0.05, 0) is 0 Å². The second-order valence-electron chi connectivity index (χ2n) is 4.60. The molecule has 0 spiro atoms. The zero-order chi connectivity index (χ0) is 9.12. The minimum absolute atomic E-state index is 0.194. The molecule has 0 aromatic carbocycles. The molecule has 0 aromatic heterocycles. The van der Waals surface area contributed by atoms with Crippen molar-refractivity contribution in [3.8, 4) is 0 Å². The van der Waals surface area contributed by atoms with E-state index in [1.54, 1.807) is 0 Å². The van der Waals surface area contributed by atoms with Gasteiger partial charge in [-0.1, -0.05) is 0 Å². The molecule has 0 aliphatic carbocycles. The van der Waals surface area contributed by atoms with Crippen LogP contribution < -0.4 is 0 Å². The Bertz CT molecular complexity index is 100. The Hall–Kier alpha value is 0.558. The Morgan fingerprint density at radius 1 is 0.818 bits per heavy atom. The summed E-state index contributed by atoms with van der Waals surface area (Å²) in [4.78, 5) is 0. The number of hydrogen-bond acceptors (Lipinski definition) is 0. The summed E-state index contributed by atoms with van der Waals surface area (Å²) >= 11 is 0.194. The van der Waals surface area contributed by atoms with E-state index < -0.39 is 0 Å².